The van der Waals surface area contributed by atoms with Gasteiger partial charge in [0.25, 0.3) is 0 Å². The number of methoxy groups -OCH3 is 1. The summed E-state index contributed by atoms with van der Waals surface area (Å²) >= 11 is 0. The molecule has 0 aliphatic carbocycles. The molecule has 68 valence electrons. The predicted octanol–water partition coefficient (Wildman–Crippen LogP) is 2.34. The van der Waals surface area contributed by atoms with Gasteiger partial charge in [-0.1, -0.05) is 5.92 Å². The second kappa shape index (κ2) is 3.90. The molecule has 0 N–H and O–H groups in total. The highest BCUT2D eigenvalue weighted by atomic mass is 19.2. The van der Waals surface area contributed by atoms with Crippen molar-refractivity contribution in [3.05, 3.63) is 29.3 Å². The van der Waals surface area contributed by atoms with Gasteiger partial charge in [0.1, 0.15) is 0 Å². The van der Waals surface area contributed by atoms with Crippen molar-refractivity contribution in [3.63, 3.8) is 0 Å². The SMILES string of the molecule is CC#Cc1ccc(OC)c(F)c1F. The van der Waals surface area contributed by atoms with Gasteiger partial charge in [-0.3, -0.25) is 0 Å². The number of hydrogen-bond acceptors (Lipinski definition) is 1. The van der Waals surface area contributed by atoms with E-state index in [0.717, 1.165) is 0 Å². The third-order valence-electron chi connectivity index (χ3n) is 1.53. The minimum Gasteiger partial charge on any atom is -0.494 e. The monoisotopic (exact) mass is 182 g/mol. The van der Waals surface area contributed by atoms with Gasteiger partial charge < -0.3 is 4.74 Å². The molecule has 0 amide bonds. The second-order valence-electron chi connectivity index (χ2n) is 2.32. The summed E-state index contributed by atoms with van der Waals surface area (Å²) in [4.78, 5) is 0. The van der Waals surface area contributed by atoms with Crippen LogP contribution in [0.25, 0.3) is 0 Å². The van der Waals surface area contributed by atoms with Crippen LogP contribution in [-0.4, -0.2) is 7.11 Å². The van der Waals surface area contributed by atoms with E-state index in [-0.39, 0.29) is 11.3 Å². The summed E-state index contributed by atoms with van der Waals surface area (Å²) in [6.07, 6.45) is 0. The highest BCUT2D eigenvalue weighted by molar-refractivity contribution is 5.40. The third kappa shape index (κ3) is 1.78. The van der Waals surface area contributed by atoms with E-state index in [1.54, 1.807) is 6.92 Å². The van der Waals surface area contributed by atoms with Crippen molar-refractivity contribution < 1.29 is 13.5 Å². The lowest BCUT2D eigenvalue weighted by Crippen LogP contribution is -1.94. The Hall–Kier alpha value is -1.56. The molecule has 1 aromatic rings. The quantitative estimate of drug-likeness (QED) is 0.606. The molecule has 0 aliphatic heterocycles. The molecule has 1 rings (SSSR count). The van der Waals surface area contributed by atoms with E-state index in [9.17, 15) is 8.78 Å². The lowest BCUT2D eigenvalue weighted by molar-refractivity contribution is 0.371. The first-order valence-electron chi connectivity index (χ1n) is 3.65. The topological polar surface area (TPSA) is 9.23 Å². The molecule has 0 saturated heterocycles. The van der Waals surface area contributed by atoms with Gasteiger partial charge in [0.2, 0.25) is 5.82 Å². The van der Waals surface area contributed by atoms with Crippen LogP contribution in [0, 0.1) is 23.5 Å². The average Bonchev–Trinajstić information content (AvgIpc) is 2.14. The first-order chi connectivity index (χ1) is 6.20. The molecule has 3 heteroatoms. The molecule has 0 fully saturated rings. The lowest BCUT2D eigenvalue weighted by Gasteiger charge is -2.02. The zero-order chi connectivity index (χ0) is 9.84. The maximum Gasteiger partial charge on any atom is 0.201 e. The number of halogens is 2. The Bertz CT molecular complexity index is 374. The van der Waals surface area contributed by atoms with Crippen LogP contribution in [0.3, 0.4) is 0 Å². The highest BCUT2D eigenvalue weighted by Crippen LogP contribution is 2.21. The van der Waals surface area contributed by atoms with Gasteiger partial charge in [0.15, 0.2) is 11.6 Å². The normalized spacial score (nSPS) is 8.92. The molecule has 0 saturated carbocycles. The number of hydrogen-bond donors (Lipinski definition) is 0. The van der Waals surface area contributed by atoms with E-state index < -0.39 is 11.6 Å². The van der Waals surface area contributed by atoms with E-state index in [1.165, 1.54) is 19.2 Å². The van der Waals surface area contributed by atoms with E-state index in [1.807, 2.05) is 0 Å². The Balaban J connectivity index is 3.28. The molecule has 0 aliphatic rings. The molecule has 0 bridgehead atoms. The van der Waals surface area contributed by atoms with Crippen LogP contribution < -0.4 is 4.74 Å². The summed E-state index contributed by atoms with van der Waals surface area (Å²) in [6, 6.07) is 2.73. The van der Waals surface area contributed by atoms with Crippen LogP contribution in [0.4, 0.5) is 8.78 Å². The van der Waals surface area contributed by atoms with E-state index in [0.29, 0.717) is 0 Å². The molecule has 0 aromatic heterocycles. The van der Waals surface area contributed by atoms with Gasteiger partial charge in [0, 0.05) is 0 Å². The minimum absolute atomic E-state index is 0.0424. The molecular weight excluding hydrogens is 174 g/mol. The third-order valence-corrected chi connectivity index (χ3v) is 1.53. The summed E-state index contributed by atoms with van der Waals surface area (Å²) in [7, 11) is 1.28. The van der Waals surface area contributed by atoms with E-state index in [4.69, 9.17) is 0 Å². The van der Waals surface area contributed by atoms with E-state index >= 15 is 0 Å². The number of benzene rings is 1. The maximum atomic E-state index is 13.1. The van der Waals surface area contributed by atoms with Crippen molar-refractivity contribution in [2.75, 3.05) is 7.11 Å². The van der Waals surface area contributed by atoms with Crippen LogP contribution in [0.2, 0.25) is 0 Å². The van der Waals surface area contributed by atoms with Gasteiger partial charge in [-0.05, 0) is 19.1 Å². The summed E-state index contributed by atoms with van der Waals surface area (Å²) in [5, 5.41) is 0. The first-order valence-corrected chi connectivity index (χ1v) is 3.65. The Kier molecular flexibility index (Phi) is 2.86. The van der Waals surface area contributed by atoms with Crippen LogP contribution in [-0.2, 0) is 0 Å². The fourth-order valence-corrected chi connectivity index (χ4v) is 0.921. The molecule has 0 heterocycles. The van der Waals surface area contributed by atoms with Gasteiger partial charge in [-0.15, -0.1) is 5.92 Å². The zero-order valence-electron chi connectivity index (χ0n) is 7.32. The lowest BCUT2D eigenvalue weighted by atomic mass is 10.2. The van der Waals surface area contributed by atoms with Crippen molar-refractivity contribution in [2.45, 2.75) is 6.92 Å². The largest absolute Gasteiger partial charge is 0.494 e. The van der Waals surface area contributed by atoms with Crippen molar-refractivity contribution in [2.24, 2.45) is 0 Å². The smallest absolute Gasteiger partial charge is 0.201 e. The fraction of sp³-hybridized carbons (Fsp3) is 0.200. The van der Waals surface area contributed by atoms with Gasteiger partial charge in [-0.2, -0.15) is 4.39 Å². The summed E-state index contributed by atoms with van der Waals surface area (Å²) in [5.74, 6) is 2.87. The highest BCUT2D eigenvalue weighted by Gasteiger charge is 2.11. The van der Waals surface area contributed by atoms with Gasteiger partial charge in [-0.25, -0.2) is 4.39 Å². The van der Waals surface area contributed by atoms with Crippen molar-refractivity contribution >= 4 is 0 Å². The Morgan fingerprint density at radius 1 is 1.23 bits per heavy atom. The van der Waals surface area contributed by atoms with Crippen molar-refractivity contribution in [1.82, 2.24) is 0 Å². The van der Waals surface area contributed by atoms with Gasteiger partial charge in [0.05, 0.1) is 12.7 Å². The predicted molar refractivity (Wildman–Crippen MR) is 45.5 cm³/mol. The first kappa shape index (κ1) is 9.53. The van der Waals surface area contributed by atoms with Crippen LogP contribution >= 0.6 is 0 Å². The molecule has 0 spiro atoms. The van der Waals surface area contributed by atoms with Crippen molar-refractivity contribution in [1.29, 1.82) is 0 Å². The summed E-state index contributed by atoms with van der Waals surface area (Å²) in [6.45, 7) is 1.56. The number of rotatable bonds is 1. The summed E-state index contributed by atoms with van der Waals surface area (Å²) < 4.78 is 30.7. The standard InChI is InChI=1S/C10H8F2O/c1-3-4-7-5-6-8(13-2)10(12)9(7)11/h5-6H,1-2H3. The average molecular weight is 182 g/mol. The zero-order valence-corrected chi connectivity index (χ0v) is 7.32. The Morgan fingerprint density at radius 3 is 2.46 bits per heavy atom. The summed E-state index contributed by atoms with van der Waals surface area (Å²) in [5.41, 5.74) is 0.0424. The molecule has 0 unspecified atom stereocenters. The molecule has 1 nitrogen and oxygen atoms in total. The van der Waals surface area contributed by atoms with Gasteiger partial charge >= 0.3 is 0 Å². The van der Waals surface area contributed by atoms with Crippen LogP contribution in [0.15, 0.2) is 12.1 Å². The maximum absolute atomic E-state index is 13.1. The second-order valence-corrected chi connectivity index (χ2v) is 2.32. The van der Waals surface area contributed by atoms with Crippen LogP contribution in [0.5, 0.6) is 5.75 Å². The van der Waals surface area contributed by atoms with Crippen molar-refractivity contribution in [3.8, 4) is 17.6 Å². The molecule has 0 radical (unpaired) electrons. The minimum atomic E-state index is -0.997. The van der Waals surface area contributed by atoms with E-state index in [2.05, 4.69) is 16.6 Å². The molecule has 1 aromatic carbocycles. The molecule has 0 atom stereocenters. The number of ether oxygens (including phenoxy) is 1. The Labute approximate surface area is 75.3 Å². The molecular formula is C10H8F2O. The molecule has 13 heavy (non-hydrogen) atoms. The Morgan fingerprint density at radius 2 is 1.92 bits per heavy atom. The van der Waals surface area contributed by atoms with Crippen LogP contribution in [0.1, 0.15) is 12.5 Å². The fourth-order valence-electron chi connectivity index (χ4n) is 0.921.